The Morgan fingerprint density at radius 1 is 1.25 bits per heavy atom. The van der Waals surface area contributed by atoms with E-state index in [0.29, 0.717) is 6.54 Å². The molecular weight excluding hydrogens is 320 g/mol. The van der Waals surface area contributed by atoms with Crippen LogP contribution < -0.4 is 4.90 Å². The lowest BCUT2D eigenvalue weighted by Crippen LogP contribution is -2.29. The van der Waals surface area contributed by atoms with Gasteiger partial charge in [-0.3, -0.25) is 9.69 Å². The minimum atomic E-state index is 0.0427. The second kappa shape index (κ2) is 5.14. The molecule has 3 heterocycles. The molecular formula is C18H18N4OS. The molecule has 1 saturated carbocycles. The molecule has 0 radical (unpaired) electrons. The Balaban J connectivity index is 1.49. The number of fused-ring (bicyclic) bond motifs is 3. The quantitative estimate of drug-likeness (QED) is 0.735. The first-order valence-electron chi connectivity index (χ1n) is 8.44. The summed E-state index contributed by atoms with van der Waals surface area (Å²) in [5.74, 6) is 1.59. The van der Waals surface area contributed by atoms with E-state index in [2.05, 4.69) is 20.6 Å². The Labute approximate surface area is 143 Å². The van der Waals surface area contributed by atoms with E-state index in [4.69, 9.17) is 0 Å². The van der Waals surface area contributed by atoms with Crippen LogP contribution in [0.4, 0.5) is 5.95 Å². The number of nitrogens with zero attached hydrogens (tertiary/aromatic N) is 4. The number of rotatable bonds is 3. The highest BCUT2D eigenvalue weighted by Crippen LogP contribution is 2.35. The van der Waals surface area contributed by atoms with Crippen molar-refractivity contribution < 1.29 is 4.79 Å². The van der Waals surface area contributed by atoms with Crippen LogP contribution in [0.3, 0.4) is 0 Å². The van der Waals surface area contributed by atoms with E-state index < -0.39 is 0 Å². The van der Waals surface area contributed by atoms with Crippen molar-refractivity contribution in [2.45, 2.75) is 32.7 Å². The van der Waals surface area contributed by atoms with Crippen molar-refractivity contribution in [1.29, 1.82) is 0 Å². The second-order valence-corrected chi connectivity index (χ2v) is 7.76. The van der Waals surface area contributed by atoms with Gasteiger partial charge in [-0.2, -0.15) is 0 Å². The van der Waals surface area contributed by atoms with E-state index in [9.17, 15) is 4.79 Å². The molecule has 0 spiro atoms. The Morgan fingerprint density at radius 3 is 2.92 bits per heavy atom. The van der Waals surface area contributed by atoms with E-state index in [1.165, 1.54) is 12.8 Å². The largest absolute Gasteiger partial charge is 0.308 e. The fourth-order valence-electron chi connectivity index (χ4n) is 3.41. The predicted octanol–water partition coefficient (Wildman–Crippen LogP) is 3.41. The van der Waals surface area contributed by atoms with Gasteiger partial charge in [-0.1, -0.05) is 12.1 Å². The molecule has 0 N–H and O–H groups in total. The van der Waals surface area contributed by atoms with Crippen molar-refractivity contribution >= 4 is 34.2 Å². The summed E-state index contributed by atoms with van der Waals surface area (Å²) in [4.78, 5) is 24.9. The average molecular weight is 338 g/mol. The number of anilines is 1. The van der Waals surface area contributed by atoms with Gasteiger partial charge in [0.15, 0.2) is 0 Å². The van der Waals surface area contributed by atoms with Crippen LogP contribution in [-0.4, -0.2) is 27.0 Å². The van der Waals surface area contributed by atoms with Crippen LogP contribution in [0.15, 0.2) is 24.3 Å². The van der Waals surface area contributed by atoms with Crippen LogP contribution in [0.25, 0.3) is 11.0 Å². The topological polar surface area (TPSA) is 51.0 Å². The number of aryl methyl sites for hydroxylation is 1. The van der Waals surface area contributed by atoms with Crippen molar-refractivity contribution in [2.75, 3.05) is 11.4 Å². The fraction of sp³-hybridized carbons (Fsp3) is 0.389. The molecule has 1 aromatic carbocycles. The summed E-state index contributed by atoms with van der Waals surface area (Å²) < 4.78 is 2.13. The number of hydrogen-bond donors (Lipinski definition) is 0. The second-order valence-electron chi connectivity index (χ2n) is 6.68. The molecule has 2 aromatic heterocycles. The van der Waals surface area contributed by atoms with Crippen molar-refractivity contribution in [3.8, 4) is 0 Å². The molecule has 0 unspecified atom stereocenters. The van der Waals surface area contributed by atoms with E-state index >= 15 is 0 Å². The van der Waals surface area contributed by atoms with Crippen molar-refractivity contribution in [2.24, 2.45) is 5.92 Å². The number of para-hydroxylation sites is 2. The van der Waals surface area contributed by atoms with Crippen LogP contribution in [0.5, 0.6) is 0 Å². The molecule has 0 atom stereocenters. The van der Waals surface area contributed by atoms with Crippen molar-refractivity contribution in [1.82, 2.24) is 14.5 Å². The number of benzene rings is 1. The Morgan fingerprint density at radius 2 is 2.08 bits per heavy atom. The fourth-order valence-corrected chi connectivity index (χ4v) is 4.54. The van der Waals surface area contributed by atoms with Gasteiger partial charge in [0.25, 0.3) is 5.91 Å². The zero-order valence-corrected chi connectivity index (χ0v) is 14.3. The van der Waals surface area contributed by atoms with Gasteiger partial charge in [0, 0.05) is 19.5 Å². The molecule has 24 heavy (non-hydrogen) atoms. The first-order chi connectivity index (χ1) is 11.7. The number of carbonyl (C=O) groups is 1. The normalized spacial score (nSPS) is 16.8. The lowest BCUT2D eigenvalue weighted by molar-refractivity contribution is 0.0992. The van der Waals surface area contributed by atoms with Gasteiger partial charge in [0.2, 0.25) is 5.95 Å². The number of thiazole rings is 1. The van der Waals surface area contributed by atoms with Gasteiger partial charge < -0.3 is 4.57 Å². The first kappa shape index (κ1) is 14.2. The zero-order chi connectivity index (χ0) is 16.3. The Hall–Kier alpha value is -2.21. The lowest BCUT2D eigenvalue weighted by atomic mass is 10.3. The summed E-state index contributed by atoms with van der Waals surface area (Å²) >= 11 is 1.56. The summed E-state index contributed by atoms with van der Waals surface area (Å²) in [7, 11) is 0. The lowest BCUT2D eigenvalue weighted by Gasteiger charge is -2.12. The highest BCUT2D eigenvalue weighted by molar-refractivity contribution is 7.14. The smallest absolute Gasteiger partial charge is 0.272 e. The SMILES string of the molecule is Cc1nc(CC2CC2)sc1C(=O)N1CCn2c1nc1ccccc12. The third-order valence-electron chi connectivity index (χ3n) is 4.86. The van der Waals surface area contributed by atoms with Crippen molar-refractivity contribution in [3.63, 3.8) is 0 Å². The number of aromatic nitrogens is 3. The molecule has 0 bridgehead atoms. The van der Waals surface area contributed by atoms with Crippen LogP contribution >= 0.6 is 11.3 Å². The Bertz CT molecular complexity index is 953. The molecule has 0 saturated heterocycles. The molecule has 6 heteroatoms. The summed E-state index contributed by atoms with van der Waals surface area (Å²) in [5.41, 5.74) is 2.90. The highest BCUT2D eigenvalue weighted by atomic mass is 32.1. The van der Waals surface area contributed by atoms with Crippen LogP contribution in [0, 0.1) is 12.8 Å². The Kier molecular flexibility index (Phi) is 3.03. The van der Waals surface area contributed by atoms with Gasteiger partial charge in [-0.05, 0) is 37.8 Å². The maximum Gasteiger partial charge on any atom is 0.272 e. The molecule has 122 valence electrons. The number of carbonyl (C=O) groups excluding carboxylic acids is 1. The minimum absolute atomic E-state index is 0.0427. The average Bonchev–Trinajstić information content (AvgIpc) is 3.02. The maximum atomic E-state index is 13.1. The van der Waals surface area contributed by atoms with E-state index in [-0.39, 0.29) is 5.91 Å². The summed E-state index contributed by atoms with van der Waals surface area (Å²) in [6.07, 6.45) is 3.63. The number of imidazole rings is 1. The standard InChI is InChI=1S/C18H18N4OS/c1-11-16(24-15(19-11)10-12-6-7-12)17(23)22-9-8-21-14-5-3-2-4-13(14)20-18(21)22/h2-5,12H,6-10H2,1H3. The number of amides is 1. The third-order valence-corrected chi connectivity index (χ3v) is 6.03. The van der Waals surface area contributed by atoms with E-state index in [1.807, 2.05) is 25.1 Å². The summed E-state index contributed by atoms with van der Waals surface area (Å²) in [6, 6.07) is 8.05. The van der Waals surface area contributed by atoms with Gasteiger partial charge in [-0.15, -0.1) is 11.3 Å². The van der Waals surface area contributed by atoms with E-state index in [0.717, 1.165) is 51.4 Å². The minimum Gasteiger partial charge on any atom is -0.308 e. The molecule has 1 amide bonds. The van der Waals surface area contributed by atoms with Gasteiger partial charge in [-0.25, -0.2) is 9.97 Å². The zero-order valence-electron chi connectivity index (χ0n) is 13.5. The molecule has 3 aromatic rings. The summed E-state index contributed by atoms with van der Waals surface area (Å²) in [6.45, 7) is 3.43. The third kappa shape index (κ3) is 2.17. The van der Waals surface area contributed by atoms with E-state index in [1.54, 1.807) is 16.2 Å². The first-order valence-corrected chi connectivity index (χ1v) is 9.26. The molecule has 2 aliphatic rings. The molecule has 5 rings (SSSR count). The van der Waals surface area contributed by atoms with Gasteiger partial charge >= 0.3 is 0 Å². The number of hydrogen-bond acceptors (Lipinski definition) is 4. The van der Waals surface area contributed by atoms with Crippen molar-refractivity contribution in [3.05, 3.63) is 39.8 Å². The molecule has 1 aliphatic heterocycles. The monoisotopic (exact) mass is 338 g/mol. The predicted molar refractivity (Wildman–Crippen MR) is 94.7 cm³/mol. The van der Waals surface area contributed by atoms with Gasteiger partial charge in [0.05, 0.1) is 21.7 Å². The molecule has 1 aliphatic carbocycles. The van der Waals surface area contributed by atoms with Crippen LogP contribution in [0.1, 0.15) is 33.2 Å². The maximum absolute atomic E-state index is 13.1. The summed E-state index contributed by atoms with van der Waals surface area (Å²) in [5, 5.41) is 1.10. The highest BCUT2D eigenvalue weighted by Gasteiger charge is 2.32. The van der Waals surface area contributed by atoms with Gasteiger partial charge in [0.1, 0.15) is 4.88 Å². The molecule has 5 nitrogen and oxygen atoms in total. The van der Waals surface area contributed by atoms with Crippen LogP contribution in [0.2, 0.25) is 0 Å². The molecule has 1 fully saturated rings. The van der Waals surface area contributed by atoms with Crippen LogP contribution in [-0.2, 0) is 13.0 Å².